The number of amides is 1. The number of nitrogens with zero attached hydrogens (tertiary/aromatic N) is 1. The molecular formula is C19H22N2O4. The number of nitrogens with one attached hydrogen (secondary N) is 1. The summed E-state index contributed by atoms with van der Waals surface area (Å²) < 4.78 is 10.5. The molecule has 0 bridgehead atoms. The summed E-state index contributed by atoms with van der Waals surface area (Å²) in [6, 6.07) is 12.8. The van der Waals surface area contributed by atoms with Crippen LogP contribution in [0.3, 0.4) is 0 Å². The van der Waals surface area contributed by atoms with Crippen LogP contribution in [0.5, 0.6) is 11.5 Å². The molecule has 1 amide bonds. The van der Waals surface area contributed by atoms with Crippen molar-refractivity contribution >= 4 is 17.9 Å². The molecule has 0 fully saturated rings. The summed E-state index contributed by atoms with van der Waals surface area (Å²) in [5.41, 5.74) is 2.43. The molecule has 6 nitrogen and oxygen atoms in total. The third-order valence-corrected chi connectivity index (χ3v) is 3.65. The number of hydrogen-bond donors (Lipinski definition) is 1. The van der Waals surface area contributed by atoms with Crippen LogP contribution in [0.15, 0.2) is 42.5 Å². The second kappa shape index (κ2) is 8.73. The van der Waals surface area contributed by atoms with E-state index < -0.39 is 0 Å². The van der Waals surface area contributed by atoms with Gasteiger partial charge in [0.25, 0.3) is 5.91 Å². The third-order valence-electron chi connectivity index (χ3n) is 3.65. The monoisotopic (exact) mass is 342 g/mol. The normalized spacial score (nSPS) is 10.0. The van der Waals surface area contributed by atoms with Crippen LogP contribution in [0.1, 0.15) is 15.9 Å². The van der Waals surface area contributed by atoms with Crippen molar-refractivity contribution < 1.29 is 19.1 Å². The SMILES string of the molecule is COc1ccc(OCC(=O)NCc2ccc(N(C)C)cc2)c(C=O)c1. The fourth-order valence-corrected chi connectivity index (χ4v) is 2.18. The average molecular weight is 342 g/mol. The van der Waals surface area contributed by atoms with Crippen LogP contribution in [-0.4, -0.2) is 40.0 Å². The van der Waals surface area contributed by atoms with Gasteiger partial charge in [0.05, 0.1) is 12.7 Å². The van der Waals surface area contributed by atoms with Gasteiger partial charge in [-0.05, 0) is 35.9 Å². The summed E-state index contributed by atoms with van der Waals surface area (Å²) >= 11 is 0. The van der Waals surface area contributed by atoms with E-state index in [1.54, 1.807) is 18.2 Å². The minimum absolute atomic E-state index is 0.164. The zero-order valence-electron chi connectivity index (χ0n) is 14.6. The lowest BCUT2D eigenvalue weighted by molar-refractivity contribution is -0.123. The van der Waals surface area contributed by atoms with Crippen LogP contribution in [0.2, 0.25) is 0 Å². The van der Waals surface area contributed by atoms with E-state index >= 15 is 0 Å². The fourth-order valence-electron chi connectivity index (χ4n) is 2.18. The number of carbonyl (C=O) groups excluding carboxylic acids is 2. The molecule has 1 N–H and O–H groups in total. The van der Waals surface area contributed by atoms with E-state index in [0.29, 0.717) is 29.9 Å². The fraction of sp³-hybridized carbons (Fsp3) is 0.263. The van der Waals surface area contributed by atoms with Gasteiger partial charge in [-0.2, -0.15) is 0 Å². The van der Waals surface area contributed by atoms with Gasteiger partial charge in [0.1, 0.15) is 11.5 Å². The average Bonchev–Trinajstić information content (AvgIpc) is 2.64. The number of hydrogen-bond acceptors (Lipinski definition) is 5. The van der Waals surface area contributed by atoms with Gasteiger partial charge < -0.3 is 19.7 Å². The molecule has 0 heterocycles. The molecule has 0 aliphatic rings. The first-order valence-corrected chi connectivity index (χ1v) is 7.82. The van der Waals surface area contributed by atoms with Crippen LogP contribution in [0.4, 0.5) is 5.69 Å². The van der Waals surface area contributed by atoms with Crippen LogP contribution in [0, 0.1) is 0 Å². The molecule has 2 rings (SSSR count). The number of rotatable bonds is 8. The van der Waals surface area contributed by atoms with E-state index in [2.05, 4.69) is 5.32 Å². The molecule has 0 aromatic heterocycles. The first-order chi connectivity index (χ1) is 12.0. The summed E-state index contributed by atoms with van der Waals surface area (Å²) in [5.74, 6) is 0.644. The van der Waals surface area contributed by atoms with E-state index in [-0.39, 0.29) is 12.5 Å². The number of benzene rings is 2. The van der Waals surface area contributed by atoms with Gasteiger partial charge in [-0.15, -0.1) is 0 Å². The highest BCUT2D eigenvalue weighted by molar-refractivity contribution is 5.81. The Morgan fingerprint density at radius 2 is 1.88 bits per heavy atom. The molecule has 0 atom stereocenters. The van der Waals surface area contributed by atoms with Gasteiger partial charge in [-0.3, -0.25) is 9.59 Å². The molecule has 0 aliphatic heterocycles. The zero-order valence-corrected chi connectivity index (χ0v) is 14.6. The van der Waals surface area contributed by atoms with Gasteiger partial charge in [-0.25, -0.2) is 0 Å². The van der Waals surface area contributed by atoms with Crippen molar-refractivity contribution in [3.63, 3.8) is 0 Å². The molecule has 0 spiro atoms. The predicted molar refractivity (Wildman–Crippen MR) is 96.5 cm³/mol. The van der Waals surface area contributed by atoms with E-state index in [4.69, 9.17) is 9.47 Å². The van der Waals surface area contributed by atoms with Gasteiger partial charge in [0.2, 0.25) is 0 Å². The Labute approximate surface area is 147 Å². The Bertz CT molecular complexity index is 727. The smallest absolute Gasteiger partial charge is 0.258 e. The lowest BCUT2D eigenvalue weighted by atomic mass is 10.2. The van der Waals surface area contributed by atoms with Crippen LogP contribution in [-0.2, 0) is 11.3 Å². The van der Waals surface area contributed by atoms with E-state index in [1.165, 1.54) is 7.11 Å². The van der Waals surface area contributed by atoms with Crippen LogP contribution in [0.25, 0.3) is 0 Å². The molecule has 2 aromatic carbocycles. The summed E-state index contributed by atoms with van der Waals surface area (Å²) in [7, 11) is 5.46. The summed E-state index contributed by atoms with van der Waals surface area (Å²) in [5, 5.41) is 2.79. The summed E-state index contributed by atoms with van der Waals surface area (Å²) in [6.07, 6.45) is 0.669. The van der Waals surface area contributed by atoms with Crippen molar-refractivity contribution in [2.45, 2.75) is 6.54 Å². The molecule has 0 saturated carbocycles. The third kappa shape index (κ3) is 5.24. The van der Waals surface area contributed by atoms with E-state index in [0.717, 1.165) is 11.3 Å². The maximum Gasteiger partial charge on any atom is 0.258 e. The highest BCUT2D eigenvalue weighted by Gasteiger charge is 2.08. The Morgan fingerprint density at radius 3 is 2.48 bits per heavy atom. The van der Waals surface area contributed by atoms with E-state index in [1.807, 2.05) is 43.3 Å². The summed E-state index contributed by atoms with van der Waals surface area (Å²) in [4.78, 5) is 25.0. The first-order valence-electron chi connectivity index (χ1n) is 7.82. The van der Waals surface area contributed by atoms with Crippen molar-refractivity contribution in [1.29, 1.82) is 0 Å². The zero-order chi connectivity index (χ0) is 18.2. The molecule has 6 heteroatoms. The van der Waals surface area contributed by atoms with Crippen molar-refractivity contribution in [2.75, 3.05) is 32.7 Å². The quantitative estimate of drug-likeness (QED) is 0.746. The molecule has 2 aromatic rings. The van der Waals surface area contributed by atoms with Gasteiger partial charge in [0, 0.05) is 26.3 Å². The number of anilines is 1. The standard InChI is InChI=1S/C19H22N2O4/c1-21(2)16-6-4-14(5-7-16)11-20-19(23)13-25-18-9-8-17(24-3)10-15(18)12-22/h4-10,12H,11,13H2,1-3H3,(H,20,23). The van der Waals surface area contributed by atoms with Crippen LogP contribution < -0.4 is 19.7 Å². The maximum absolute atomic E-state index is 11.9. The summed E-state index contributed by atoms with van der Waals surface area (Å²) in [6.45, 7) is 0.252. The molecule has 25 heavy (non-hydrogen) atoms. The van der Waals surface area contributed by atoms with E-state index in [9.17, 15) is 9.59 Å². The number of ether oxygens (including phenoxy) is 2. The minimum atomic E-state index is -0.260. The Balaban J connectivity index is 1.85. The molecule has 0 unspecified atom stereocenters. The Kier molecular flexibility index (Phi) is 6.39. The number of carbonyl (C=O) groups is 2. The highest BCUT2D eigenvalue weighted by Crippen LogP contribution is 2.22. The molecular weight excluding hydrogens is 320 g/mol. The Hall–Kier alpha value is -3.02. The maximum atomic E-state index is 11.9. The minimum Gasteiger partial charge on any atom is -0.497 e. The molecule has 0 saturated heterocycles. The Morgan fingerprint density at radius 1 is 1.16 bits per heavy atom. The van der Waals surface area contributed by atoms with Crippen molar-refractivity contribution in [1.82, 2.24) is 5.32 Å². The van der Waals surface area contributed by atoms with Crippen LogP contribution >= 0.6 is 0 Å². The molecule has 0 radical (unpaired) electrons. The second-order valence-corrected chi connectivity index (χ2v) is 5.65. The topological polar surface area (TPSA) is 67.9 Å². The lowest BCUT2D eigenvalue weighted by Crippen LogP contribution is -2.28. The van der Waals surface area contributed by atoms with Gasteiger partial charge in [-0.1, -0.05) is 12.1 Å². The molecule has 132 valence electrons. The number of methoxy groups -OCH3 is 1. The largest absolute Gasteiger partial charge is 0.497 e. The van der Waals surface area contributed by atoms with Crippen molar-refractivity contribution in [3.8, 4) is 11.5 Å². The highest BCUT2D eigenvalue weighted by atomic mass is 16.5. The van der Waals surface area contributed by atoms with Crippen molar-refractivity contribution in [3.05, 3.63) is 53.6 Å². The number of aldehydes is 1. The lowest BCUT2D eigenvalue weighted by Gasteiger charge is -2.13. The van der Waals surface area contributed by atoms with Gasteiger partial charge in [0.15, 0.2) is 12.9 Å². The van der Waals surface area contributed by atoms with Gasteiger partial charge >= 0.3 is 0 Å². The predicted octanol–water partition coefficient (Wildman–Crippen LogP) is 2.27. The molecule has 0 aliphatic carbocycles. The van der Waals surface area contributed by atoms with Crippen molar-refractivity contribution in [2.24, 2.45) is 0 Å². The first kappa shape index (κ1) is 18.3. The second-order valence-electron chi connectivity index (χ2n) is 5.65.